The van der Waals surface area contributed by atoms with Gasteiger partial charge in [-0.2, -0.15) is 5.10 Å². The van der Waals surface area contributed by atoms with Gasteiger partial charge in [0, 0.05) is 12.0 Å². The van der Waals surface area contributed by atoms with E-state index in [9.17, 15) is 8.42 Å². The van der Waals surface area contributed by atoms with Gasteiger partial charge in [-0.15, -0.1) is 0 Å². The Morgan fingerprint density at radius 1 is 1.25 bits per heavy atom. The number of hydrogen-bond donors (Lipinski definition) is 0. The summed E-state index contributed by atoms with van der Waals surface area (Å²) in [5.41, 5.74) is 2.18. The summed E-state index contributed by atoms with van der Waals surface area (Å²) in [6.45, 7) is 2.05. The maximum Gasteiger partial charge on any atom is 0.181 e. The highest BCUT2D eigenvalue weighted by Crippen LogP contribution is 2.32. The molecule has 6 heteroatoms. The van der Waals surface area contributed by atoms with Crippen molar-refractivity contribution in [3.63, 3.8) is 0 Å². The monoisotopic (exact) mass is 345 g/mol. The fourth-order valence-electron chi connectivity index (χ4n) is 3.62. The highest BCUT2D eigenvalue weighted by molar-refractivity contribution is 7.91. The van der Waals surface area contributed by atoms with Gasteiger partial charge >= 0.3 is 0 Å². The average molecular weight is 345 g/mol. The molecule has 1 saturated heterocycles. The molecule has 24 heavy (non-hydrogen) atoms. The van der Waals surface area contributed by atoms with Crippen molar-refractivity contribution in [3.8, 4) is 11.4 Å². The molecule has 1 atom stereocenters. The fraction of sp³-hybridized carbons (Fsp3) is 0.556. The normalized spacial score (nSPS) is 23.3. The smallest absolute Gasteiger partial charge is 0.181 e. The van der Waals surface area contributed by atoms with E-state index in [1.54, 1.807) is 0 Å². The maximum atomic E-state index is 11.9. The minimum Gasteiger partial charge on any atom is -0.245 e. The molecule has 1 aromatic heterocycles. The first kappa shape index (κ1) is 15.8. The second kappa shape index (κ2) is 5.99. The first-order valence-corrected chi connectivity index (χ1v) is 10.6. The van der Waals surface area contributed by atoms with Gasteiger partial charge in [-0.3, -0.25) is 0 Å². The Morgan fingerprint density at radius 2 is 2.08 bits per heavy atom. The molecule has 128 valence electrons. The number of aromatic nitrogens is 3. The summed E-state index contributed by atoms with van der Waals surface area (Å²) in [6, 6.07) is 8.11. The van der Waals surface area contributed by atoms with Crippen molar-refractivity contribution in [3.05, 3.63) is 35.7 Å². The van der Waals surface area contributed by atoms with Crippen LogP contribution in [0.4, 0.5) is 0 Å². The second-order valence-corrected chi connectivity index (χ2v) is 9.45. The van der Waals surface area contributed by atoms with Crippen LogP contribution in [0.2, 0.25) is 0 Å². The van der Waals surface area contributed by atoms with Crippen molar-refractivity contribution < 1.29 is 8.42 Å². The molecule has 0 bridgehead atoms. The van der Waals surface area contributed by atoms with Crippen LogP contribution >= 0.6 is 0 Å². The predicted octanol–water partition coefficient (Wildman–Crippen LogP) is 2.96. The number of nitrogens with zero attached hydrogens (tertiary/aromatic N) is 3. The largest absolute Gasteiger partial charge is 0.245 e. The van der Waals surface area contributed by atoms with E-state index < -0.39 is 9.84 Å². The molecule has 0 N–H and O–H groups in total. The molecule has 0 radical (unpaired) electrons. The number of rotatable bonds is 4. The van der Waals surface area contributed by atoms with Crippen LogP contribution in [0.25, 0.3) is 11.4 Å². The van der Waals surface area contributed by atoms with E-state index in [-0.39, 0.29) is 17.5 Å². The Bertz CT molecular complexity index is 853. The molecule has 2 aliphatic rings. The van der Waals surface area contributed by atoms with Crippen LogP contribution in [0.3, 0.4) is 0 Å². The zero-order valence-corrected chi connectivity index (χ0v) is 14.8. The summed E-state index contributed by atoms with van der Waals surface area (Å²) < 4.78 is 25.7. The molecule has 2 fully saturated rings. The molecule has 5 nitrogen and oxygen atoms in total. The van der Waals surface area contributed by atoms with Crippen molar-refractivity contribution in [2.75, 3.05) is 11.5 Å². The molecule has 1 aromatic carbocycles. The third-order valence-electron chi connectivity index (χ3n) is 5.23. The van der Waals surface area contributed by atoms with Gasteiger partial charge in [-0.05, 0) is 25.3 Å². The van der Waals surface area contributed by atoms with Crippen molar-refractivity contribution >= 4 is 9.84 Å². The van der Waals surface area contributed by atoms with Crippen LogP contribution in [0.5, 0.6) is 0 Å². The molecule has 1 aliphatic carbocycles. The first-order chi connectivity index (χ1) is 11.5. The van der Waals surface area contributed by atoms with Gasteiger partial charge in [-0.25, -0.2) is 18.1 Å². The third-order valence-corrected chi connectivity index (χ3v) is 6.98. The van der Waals surface area contributed by atoms with Crippen LogP contribution in [0, 0.1) is 12.8 Å². The highest BCUT2D eigenvalue weighted by Gasteiger charge is 2.33. The SMILES string of the molecule is Cc1cccc(-c2nc(CC3CCC3)n(C3CCS(=O)(=O)C3)n2)c1. The molecule has 4 rings (SSSR count). The standard InChI is InChI=1S/C18H23N3O2S/c1-13-4-2-7-15(10-13)18-19-17(11-14-5-3-6-14)21(20-18)16-8-9-24(22,23)12-16/h2,4,7,10,14,16H,3,5-6,8-9,11-12H2,1H3. The summed E-state index contributed by atoms with van der Waals surface area (Å²) in [4.78, 5) is 4.79. The summed E-state index contributed by atoms with van der Waals surface area (Å²) in [5, 5.41) is 4.72. The molecule has 1 saturated carbocycles. The molecular weight excluding hydrogens is 322 g/mol. The molecule has 1 unspecified atom stereocenters. The van der Waals surface area contributed by atoms with Crippen molar-refractivity contribution in [1.29, 1.82) is 0 Å². The molecule has 2 aromatic rings. The third kappa shape index (κ3) is 3.11. The summed E-state index contributed by atoms with van der Waals surface area (Å²) in [7, 11) is -2.93. The van der Waals surface area contributed by atoms with Gasteiger partial charge < -0.3 is 0 Å². The van der Waals surface area contributed by atoms with Gasteiger partial charge in [0.2, 0.25) is 0 Å². The van der Waals surface area contributed by atoms with Gasteiger partial charge in [0.25, 0.3) is 0 Å². The van der Waals surface area contributed by atoms with E-state index in [2.05, 4.69) is 19.1 Å². The van der Waals surface area contributed by atoms with Crippen LogP contribution < -0.4 is 0 Å². The van der Waals surface area contributed by atoms with Crippen molar-refractivity contribution in [2.45, 2.75) is 45.1 Å². The minimum atomic E-state index is -2.93. The summed E-state index contributed by atoms with van der Waals surface area (Å²) >= 11 is 0. The van der Waals surface area contributed by atoms with E-state index in [1.807, 2.05) is 16.8 Å². The average Bonchev–Trinajstić information content (AvgIpc) is 3.06. The van der Waals surface area contributed by atoms with Crippen LogP contribution in [-0.4, -0.2) is 34.7 Å². The maximum absolute atomic E-state index is 11.9. The topological polar surface area (TPSA) is 64.8 Å². The lowest BCUT2D eigenvalue weighted by molar-refractivity contribution is 0.300. The zero-order valence-electron chi connectivity index (χ0n) is 14.0. The van der Waals surface area contributed by atoms with E-state index in [1.165, 1.54) is 24.8 Å². The second-order valence-electron chi connectivity index (χ2n) is 7.22. The number of benzene rings is 1. The molecule has 0 amide bonds. The number of aryl methyl sites for hydroxylation is 1. The Hall–Kier alpha value is -1.69. The van der Waals surface area contributed by atoms with Crippen molar-refractivity contribution in [2.24, 2.45) is 5.92 Å². The first-order valence-electron chi connectivity index (χ1n) is 8.73. The minimum absolute atomic E-state index is 0.0591. The Morgan fingerprint density at radius 3 is 2.71 bits per heavy atom. The van der Waals surface area contributed by atoms with E-state index >= 15 is 0 Å². The molecule has 1 aliphatic heterocycles. The van der Waals surface area contributed by atoms with E-state index in [0.29, 0.717) is 12.3 Å². The van der Waals surface area contributed by atoms with Gasteiger partial charge in [0.05, 0.1) is 17.5 Å². The van der Waals surface area contributed by atoms with Crippen LogP contribution in [0.1, 0.15) is 43.1 Å². The lowest BCUT2D eigenvalue weighted by Gasteiger charge is -2.25. The zero-order chi connectivity index (χ0) is 16.7. The molecule has 0 spiro atoms. The summed E-state index contributed by atoms with van der Waals surface area (Å²) in [6.07, 6.45) is 5.35. The lowest BCUT2D eigenvalue weighted by atomic mass is 9.83. The van der Waals surface area contributed by atoms with Gasteiger partial charge in [0.15, 0.2) is 15.7 Å². The Labute approximate surface area is 143 Å². The number of sulfone groups is 1. The Kier molecular flexibility index (Phi) is 3.95. The molecule has 2 heterocycles. The summed E-state index contributed by atoms with van der Waals surface area (Å²) in [5.74, 6) is 2.81. The fourth-order valence-corrected chi connectivity index (χ4v) is 5.31. The molecular formula is C18H23N3O2S. The van der Waals surface area contributed by atoms with Crippen LogP contribution in [-0.2, 0) is 16.3 Å². The van der Waals surface area contributed by atoms with Gasteiger partial charge in [0.1, 0.15) is 5.82 Å². The van der Waals surface area contributed by atoms with E-state index in [0.717, 1.165) is 23.6 Å². The lowest BCUT2D eigenvalue weighted by Crippen LogP contribution is -2.20. The van der Waals surface area contributed by atoms with Crippen molar-refractivity contribution in [1.82, 2.24) is 14.8 Å². The van der Waals surface area contributed by atoms with Gasteiger partial charge in [-0.1, -0.05) is 43.0 Å². The number of hydrogen-bond acceptors (Lipinski definition) is 4. The Balaban J connectivity index is 1.70. The van der Waals surface area contributed by atoms with Crippen LogP contribution in [0.15, 0.2) is 24.3 Å². The van der Waals surface area contributed by atoms with E-state index in [4.69, 9.17) is 10.1 Å². The quantitative estimate of drug-likeness (QED) is 0.854. The highest BCUT2D eigenvalue weighted by atomic mass is 32.2. The predicted molar refractivity (Wildman–Crippen MR) is 93.5 cm³/mol.